The van der Waals surface area contributed by atoms with Crippen molar-refractivity contribution in [3.05, 3.63) is 46.2 Å². The van der Waals surface area contributed by atoms with Crippen LogP contribution in [0.5, 0.6) is 0 Å². The second kappa shape index (κ2) is 5.79. The summed E-state index contributed by atoms with van der Waals surface area (Å²) in [7, 11) is 0. The first kappa shape index (κ1) is 13.5. The van der Waals surface area contributed by atoms with Crippen molar-refractivity contribution in [2.24, 2.45) is 0 Å². The van der Waals surface area contributed by atoms with Crippen LogP contribution in [-0.4, -0.2) is 9.90 Å². The molecule has 0 saturated heterocycles. The van der Waals surface area contributed by atoms with Crippen molar-refractivity contribution < 1.29 is 0 Å². The average Bonchev–Trinajstić information content (AvgIpc) is 2.72. The largest absolute Gasteiger partial charge is 0.351 e. The minimum Gasteiger partial charge on any atom is -0.351 e. The maximum atomic E-state index is 9.16. The molecule has 18 heavy (non-hydrogen) atoms. The Kier molecular flexibility index (Phi) is 4.34. The Labute approximate surface area is 124 Å². The number of nitrogens with zero attached hydrogens (tertiary/aromatic N) is 2. The van der Waals surface area contributed by atoms with Gasteiger partial charge in [-0.15, -0.1) is 0 Å². The zero-order valence-corrected chi connectivity index (χ0v) is 12.4. The van der Waals surface area contributed by atoms with Gasteiger partial charge in [0, 0.05) is 45.4 Å². The predicted molar refractivity (Wildman–Crippen MR) is 78.4 cm³/mol. The van der Waals surface area contributed by atoms with E-state index >= 15 is 0 Å². The van der Waals surface area contributed by atoms with E-state index in [4.69, 9.17) is 28.5 Å². The van der Waals surface area contributed by atoms with E-state index in [1.165, 1.54) is 0 Å². The summed E-state index contributed by atoms with van der Waals surface area (Å²) in [5.41, 5.74) is 2.27. The maximum absolute atomic E-state index is 9.16. The van der Waals surface area contributed by atoms with Gasteiger partial charge in [-0.3, -0.25) is 0 Å². The highest BCUT2D eigenvalue weighted by Crippen LogP contribution is 2.32. The third-order valence-corrected chi connectivity index (χ3v) is 3.47. The number of aryl methyl sites for hydroxylation is 1. The van der Waals surface area contributed by atoms with E-state index in [0.29, 0.717) is 15.6 Å². The number of nitriles is 1. The summed E-state index contributed by atoms with van der Waals surface area (Å²) in [6.07, 6.45) is 3.75. The molecule has 2 rings (SSSR count). The molecule has 0 bridgehead atoms. The molecule has 1 aromatic carbocycles. The summed E-state index contributed by atoms with van der Waals surface area (Å²) in [6.45, 7) is 0.805. The second-order valence-corrected chi connectivity index (χ2v) is 5.38. The number of rotatable bonds is 3. The predicted octanol–water partition coefficient (Wildman–Crippen LogP) is 4.73. The van der Waals surface area contributed by atoms with Crippen molar-refractivity contribution in [1.82, 2.24) is 4.57 Å². The van der Waals surface area contributed by atoms with Crippen LogP contribution in [0.4, 0.5) is 0 Å². The van der Waals surface area contributed by atoms with Crippen LogP contribution < -0.4 is 0 Å². The van der Waals surface area contributed by atoms with Crippen LogP contribution in [0.1, 0.15) is 5.56 Å². The fourth-order valence-electron chi connectivity index (χ4n) is 1.75. The van der Waals surface area contributed by atoms with Crippen LogP contribution >= 0.6 is 39.1 Å². The molecule has 2 aromatic rings. The molecule has 0 spiro atoms. The molecule has 1 heterocycles. The summed E-state index contributed by atoms with van der Waals surface area (Å²) in [5, 5.41) is 11.1. The maximum Gasteiger partial charge on any atom is 0.101 e. The zero-order valence-electron chi connectivity index (χ0n) is 9.33. The Balaban J connectivity index is 2.52. The summed E-state index contributed by atoms with van der Waals surface area (Å²) in [5.74, 6) is 0. The first-order chi connectivity index (χ1) is 8.65. The van der Waals surface area contributed by atoms with Crippen molar-refractivity contribution in [1.29, 1.82) is 5.26 Å². The molecule has 0 aliphatic carbocycles. The van der Waals surface area contributed by atoms with E-state index in [2.05, 4.69) is 22.0 Å². The lowest BCUT2D eigenvalue weighted by Crippen LogP contribution is -1.93. The van der Waals surface area contributed by atoms with E-state index in [1.807, 2.05) is 23.0 Å². The van der Waals surface area contributed by atoms with Gasteiger partial charge >= 0.3 is 0 Å². The van der Waals surface area contributed by atoms with Crippen LogP contribution in [0.25, 0.3) is 11.1 Å². The van der Waals surface area contributed by atoms with Gasteiger partial charge in [0.05, 0.1) is 5.56 Å². The molecule has 5 heteroatoms. The highest BCUT2D eigenvalue weighted by Gasteiger charge is 2.12. The normalized spacial score (nSPS) is 10.3. The molecule has 0 fully saturated rings. The lowest BCUT2D eigenvalue weighted by Gasteiger charge is -2.03. The Morgan fingerprint density at radius 3 is 2.61 bits per heavy atom. The Morgan fingerprint density at radius 1 is 1.22 bits per heavy atom. The van der Waals surface area contributed by atoms with E-state index in [-0.39, 0.29) is 0 Å². The van der Waals surface area contributed by atoms with Gasteiger partial charge < -0.3 is 4.57 Å². The third kappa shape index (κ3) is 2.72. The molecule has 0 radical (unpaired) electrons. The van der Waals surface area contributed by atoms with Crippen LogP contribution in [0.2, 0.25) is 10.0 Å². The molecule has 0 saturated carbocycles. The lowest BCUT2D eigenvalue weighted by atomic mass is 10.1. The van der Waals surface area contributed by atoms with E-state index in [9.17, 15) is 0 Å². The van der Waals surface area contributed by atoms with Crippen molar-refractivity contribution in [3.63, 3.8) is 0 Å². The molecule has 2 nitrogen and oxygen atoms in total. The molecule has 0 unspecified atom stereocenters. The standard InChI is InChI=1S/C13H9BrCl2N2/c14-3-4-18-7-9(6-17)12(8-18)11-2-1-10(15)5-13(11)16/h1-2,5,7-8H,3-4H2. The first-order valence-corrected chi connectivity index (χ1v) is 7.14. The number of aromatic nitrogens is 1. The van der Waals surface area contributed by atoms with Crippen LogP contribution in [0, 0.1) is 11.3 Å². The van der Waals surface area contributed by atoms with Gasteiger partial charge in [-0.05, 0) is 12.1 Å². The molecule has 1 aromatic heterocycles. The number of halogens is 3. The summed E-state index contributed by atoms with van der Waals surface area (Å²) in [6, 6.07) is 7.47. The second-order valence-electron chi connectivity index (χ2n) is 3.75. The Hall–Kier alpha value is -0.950. The lowest BCUT2D eigenvalue weighted by molar-refractivity contribution is 0.782. The number of hydrogen-bond donors (Lipinski definition) is 0. The van der Waals surface area contributed by atoms with Crippen molar-refractivity contribution >= 4 is 39.1 Å². The number of hydrogen-bond acceptors (Lipinski definition) is 1. The molecule has 0 amide bonds. The number of alkyl halides is 1. The summed E-state index contributed by atoms with van der Waals surface area (Å²) < 4.78 is 1.97. The highest BCUT2D eigenvalue weighted by atomic mass is 79.9. The first-order valence-electron chi connectivity index (χ1n) is 5.27. The summed E-state index contributed by atoms with van der Waals surface area (Å²) >= 11 is 15.4. The monoisotopic (exact) mass is 342 g/mol. The molecule has 92 valence electrons. The average molecular weight is 344 g/mol. The van der Waals surface area contributed by atoms with E-state index < -0.39 is 0 Å². The fourth-order valence-corrected chi connectivity index (χ4v) is 2.67. The van der Waals surface area contributed by atoms with Crippen LogP contribution in [0.15, 0.2) is 30.6 Å². The Morgan fingerprint density at radius 2 is 2.00 bits per heavy atom. The topological polar surface area (TPSA) is 28.7 Å². The zero-order chi connectivity index (χ0) is 13.1. The van der Waals surface area contributed by atoms with Gasteiger partial charge in [0.25, 0.3) is 0 Å². The molecular formula is C13H9BrCl2N2. The van der Waals surface area contributed by atoms with Crippen LogP contribution in [-0.2, 0) is 6.54 Å². The van der Waals surface area contributed by atoms with Gasteiger partial charge in [0.15, 0.2) is 0 Å². The van der Waals surface area contributed by atoms with Gasteiger partial charge in [0.1, 0.15) is 6.07 Å². The minimum atomic E-state index is 0.551. The Bertz CT molecular complexity index is 614. The molecule has 0 aliphatic rings. The quantitative estimate of drug-likeness (QED) is 0.740. The highest BCUT2D eigenvalue weighted by molar-refractivity contribution is 9.09. The summed E-state index contributed by atoms with van der Waals surface area (Å²) in [4.78, 5) is 0. The van der Waals surface area contributed by atoms with Gasteiger partial charge in [0.2, 0.25) is 0 Å². The van der Waals surface area contributed by atoms with Crippen molar-refractivity contribution in [3.8, 4) is 17.2 Å². The fraction of sp³-hybridized carbons (Fsp3) is 0.154. The molecule has 0 N–H and O–H groups in total. The molecular weight excluding hydrogens is 335 g/mol. The SMILES string of the molecule is N#Cc1cn(CCBr)cc1-c1ccc(Cl)cc1Cl. The molecule has 0 aliphatic heterocycles. The van der Waals surface area contributed by atoms with E-state index in [1.54, 1.807) is 12.1 Å². The minimum absolute atomic E-state index is 0.551. The van der Waals surface area contributed by atoms with Gasteiger partial charge in [-0.1, -0.05) is 45.2 Å². The van der Waals surface area contributed by atoms with Crippen molar-refractivity contribution in [2.45, 2.75) is 6.54 Å². The van der Waals surface area contributed by atoms with Gasteiger partial charge in [-0.25, -0.2) is 0 Å². The van der Waals surface area contributed by atoms with E-state index in [0.717, 1.165) is 23.0 Å². The molecule has 0 atom stereocenters. The van der Waals surface area contributed by atoms with Crippen LogP contribution in [0.3, 0.4) is 0 Å². The third-order valence-electron chi connectivity index (χ3n) is 2.56. The van der Waals surface area contributed by atoms with Crippen molar-refractivity contribution in [2.75, 3.05) is 5.33 Å². The smallest absolute Gasteiger partial charge is 0.101 e. The van der Waals surface area contributed by atoms with Gasteiger partial charge in [-0.2, -0.15) is 5.26 Å². The number of benzene rings is 1.